The van der Waals surface area contributed by atoms with Crippen molar-refractivity contribution in [3.05, 3.63) is 81.9 Å². The van der Waals surface area contributed by atoms with E-state index in [1.54, 1.807) is 30.9 Å². The van der Waals surface area contributed by atoms with Crippen LogP contribution in [0.4, 0.5) is 8.78 Å². The average molecular weight is 519 g/mol. The topological polar surface area (TPSA) is 53.3 Å². The molecule has 2 heterocycles. The number of hydrogen-bond acceptors (Lipinski definition) is 4. The molecule has 2 aromatic rings. The summed E-state index contributed by atoms with van der Waals surface area (Å²) in [6, 6.07) is 9.07. The van der Waals surface area contributed by atoms with Crippen LogP contribution in [0.25, 0.3) is 0 Å². The average Bonchev–Trinajstić information content (AvgIpc) is 3.19. The van der Waals surface area contributed by atoms with Crippen LogP contribution >= 0.6 is 23.2 Å². The summed E-state index contributed by atoms with van der Waals surface area (Å²) in [5.74, 6) is -3.18. The molecule has 0 spiro atoms. The Balaban J connectivity index is 2.13. The standard InChI is InChI=1S/C27H26Cl2F2N2O2/c1-6-25(2,3)13-20-27(14-32,17-11-10-15(28)12-19(17)30)21(16-8-7-9-18(29)22(16)31)23-24(34)35-26(4,5)33(20)23/h6-12,20-21,23H,1,13H2,2-5H3/t20-,21-,23+,27-/m0/s1. The second-order valence-electron chi connectivity index (χ2n) is 10.4. The van der Waals surface area contributed by atoms with Gasteiger partial charge >= 0.3 is 5.97 Å². The fraction of sp³-hybridized carbons (Fsp3) is 0.407. The minimum absolute atomic E-state index is 0.0386. The Bertz CT molecular complexity index is 1260. The van der Waals surface area contributed by atoms with Gasteiger partial charge in [0, 0.05) is 22.5 Å². The number of nitriles is 1. The Morgan fingerprint density at radius 3 is 2.54 bits per heavy atom. The molecule has 0 bridgehead atoms. The van der Waals surface area contributed by atoms with Crippen molar-refractivity contribution in [2.75, 3.05) is 0 Å². The maximum Gasteiger partial charge on any atom is 0.325 e. The van der Waals surface area contributed by atoms with Crippen molar-refractivity contribution in [3.63, 3.8) is 0 Å². The molecule has 0 radical (unpaired) electrons. The Kier molecular flexibility index (Phi) is 6.29. The fourth-order valence-corrected chi connectivity index (χ4v) is 6.08. The van der Waals surface area contributed by atoms with E-state index in [0.29, 0.717) is 6.42 Å². The Labute approximate surface area is 214 Å². The van der Waals surface area contributed by atoms with E-state index in [0.717, 1.165) is 6.07 Å². The highest BCUT2D eigenvalue weighted by Gasteiger charge is 2.71. The van der Waals surface area contributed by atoms with Crippen LogP contribution in [-0.4, -0.2) is 28.7 Å². The highest BCUT2D eigenvalue weighted by Crippen LogP contribution is 2.60. The highest BCUT2D eigenvalue weighted by atomic mass is 35.5. The molecule has 8 heteroatoms. The molecule has 184 valence electrons. The Morgan fingerprint density at radius 1 is 1.26 bits per heavy atom. The van der Waals surface area contributed by atoms with Crippen LogP contribution in [0.15, 0.2) is 49.1 Å². The molecule has 35 heavy (non-hydrogen) atoms. The molecule has 0 amide bonds. The Hall–Kier alpha value is -2.46. The third-order valence-electron chi connectivity index (χ3n) is 7.33. The van der Waals surface area contributed by atoms with Crippen LogP contribution < -0.4 is 0 Å². The lowest BCUT2D eigenvalue weighted by Crippen LogP contribution is -2.52. The van der Waals surface area contributed by atoms with Gasteiger partial charge in [0.25, 0.3) is 0 Å². The summed E-state index contributed by atoms with van der Waals surface area (Å²) >= 11 is 12.2. The third-order valence-corrected chi connectivity index (χ3v) is 7.86. The molecule has 2 saturated heterocycles. The molecule has 2 aliphatic rings. The summed E-state index contributed by atoms with van der Waals surface area (Å²) in [4.78, 5) is 15.1. The highest BCUT2D eigenvalue weighted by molar-refractivity contribution is 6.31. The minimum Gasteiger partial charge on any atom is -0.443 e. The molecule has 0 aromatic heterocycles. The second kappa shape index (κ2) is 8.58. The van der Waals surface area contributed by atoms with Gasteiger partial charge in [-0.15, -0.1) is 6.58 Å². The van der Waals surface area contributed by atoms with E-state index < -0.39 is 52.2 Å². The number of nitrogens with zero attached hydrogens (tertiary/aromatic N) is 2. The quantitative estimate of drug-likeness (QED) is 0.324. The molecule has 2 fully saturated rings. The number of ether oxygens (including phenoxy) is 1. The maximum atomic E-state index is 15.6. The van der Waals surface area contributed by atoms with Crippen LogP contribution in [0.5, 0.6) is 0 Å². The van der Waals surface area contributed by atoms with Gasteiger partial charge in [0.2, 0.25) is 0 Å². The molecule has 4 rings (SSSR count). The van der Waals surface area contributed by atoms with Gasteiger partial charge in [-0.2, -0.15) is 5.26 Å². The van der Waals surface area contributed by atoms with Gasteiger partial charge in [-0.1, -0.05) is 61.3 Å². The largest absolute Gasteiger partial charge is 0.443 e. The van der Waals surface area contributed by atoms with Crippen molar-refractivity contribution in [2.24, 2.45) is 5.41 Å². The van der Waals surface area contributed by atoms with E-state index in [-0.39, 0.29) is 21.2 Å². The number of carbonyl (C=O) groups is 1. The van der Waals surface area contributed by atoms with Gasteiger partial charge in [0.15, 0.2) is 5.72 Å². The number of cyclic esters (lactones) is 1. The van der Waals surface area contributed by atoms with Crippen LogP contribution in [-0.2, 0) is 14.9 Å². The molecule has 0 unspecified atom stereocenters. The lowest BCUT2D eigenvalue weighted by atomic mass is 9.62. The summed E-state index contributed by atoms with van der Waals surface area (Å²) < 4.78 is 36.9. The van der Waals surface area contributed by atoms with Gasteiger partial charge in [0.1, 0.15) is 23.1 Å². The number of hydrogen-bond donors (Lipinski definition) is 0. The van der Waals surface area contributed by atoms with E-state index in [4.69, 9.17) is 27.9 Å². The number of rotatable bonds is 5. The summed E-state index contributed by atoms with van der Waals surface area (Å²) in [5, 5.41) is 10.9. The molecular weight excluding hydrogens is 493 g/mol. The first-order valence-electron chi connectivity index (χ1n) is 11.3. The summed E-state index contributed by atoms with van der Waals surface area (Å²) in [5.41, 5.74) is -3.22. The van der Waals surface area contributed by atoms with Gasteiger partial charge < -0.3 is 4.74 Å². The zero-order valence-corrected chi connectivity index (χ0v) is 21.4. The van der Waals surface area contributed by atoms with Crippen LogP contribution in [0.1, 0.15) is 51.2 Å². The lowest BCUT2D eigenvalue weighted by molar-refractivity contribution is -0.152. The monoisotopic (exact) mass is 518 g/mol. The number of carbonyl (C=O) groups excluding carboxylic acids is 1. The second-order valence-corrected chi connectivity index (χ2v) is 11.2. The van der Waals surface area contributed by atoms with Crippen molar-refractivity contribution < 1.29 is 18.3 Å². The van der Waals surface area contributed by atoms with Gasteiger partial charge in [-0.3, -0.25) is 4.79 Å². The predicted octanol–water partition coefficient (Wildman–Crippen LogP) is 6.76. The fourth-order valence-electron chi connectivity index (χ4n) is 5.74. The first-order valence-corrected chi connectivity index (χ1v) is 12.0. The van der Waals surface area contributed by atoms with Crippen LogP contribution in [0.3, 0.4) is 0 Å². The van der Waals surface area contributed by atoms with E-state index in [9.17, 15) is 10.1 Å². The van der Waals surface area contributed by atoms with Gasteiger partial charge in [-0.25, -0.2) is 13.7 Å². The van der Waals surface area contributed by atoms with Crippen molar-refractivity contribution in [1.29, 1.82) is 5.26 Å². The predicted molar refractivity (Wildman–Crippen MR) is 131 cm³/mol. The summed E-state index contributed by atoms with van der Waals surface area (Å²) in [7, 11) is 0. The van der Waals surface area contributed by atoms with Crippen LogP contribution in [0, 0.1) is 28.4 Å². The number of fused-ring (bicyclic) bond motifs is 1. The number of halogens is 4. The molecular formula is C27H26Cl2F2N2O2. The van der Waals surface area contributed by atoms with Crippen molar-refractivity contribution in [2.45, 2.75) is 63.3 Å². The molecule has 0 saturated carbocycles. The zero-order valence-electron chi connectivity index (χ0n) is 19.9. The van der Waals surface area contributed by atoms with E-state index in [2.05, 4.69) is 12.6 Å². The van der Waals surface area contributed by atoms with Gasteiger partial charge in [-0.05, 0) is 49.4 Å². The number of allylic oxidation sites excluding steroid dienone is 1. The SMILES string of the molecule is C=CC(C)(C)C[C@@H]1N2[C@@H](C(=O)OC2(C)C)[C@H](c2cccc(Cl)c2F)[C@@]1(C#N)c1ccc(Cl)cc1F. The lowest BCUT2D eigenvalue weighted by Gasteiger charge is -2.42. The Morgan fingerprint density at radius 2 is 1.94 bits per heavy atom. The smallest absolute Gasteiger partial charge is 0.325 e. The van der Waals surface area contributed by atoms with E-state index in [1.165, 1.54) is 24.3 Å². The minimum atomic E-state index is -1.68. The molecule has 0 aliphatic carbocycles. The molecule has 2 aliphatic heterocycles. The van der Waals surface area contributed by atoms with Crippen LogP contribution in [0.2, 0.25) is 10.0 Å². The third kappa shape index (κ3) is 3.85. The molecule has 2 aromatic carbocycles. The number of benzene rings is 2. The zero-order chi connectivity index (χ0) is 25.9. The van der Waals surface area contributed by atoms with Crippen molar-refractivity contribution in [3.8, 4) is 6.07 Å². The van der Waals surface area contributed by atoms with E-state index in [1.807, 2.05) is 13.8 Å². The molecule has 4 atom stereocenters. The van der Waals surface area contributed by atoms with Crippen molar-refractivity contribution >= 4 is 29.2 Å². The maximum absolute atomic E-state index is 15.6. The van der Waals surface area contributed by atoms with Gasteiger partial charge in [0.05, 0.1) is 11.1 Å². The first-order chi connectivity index (χ1) is 16.3. The van der Waals surface area contributed by atoms with Crippen molar-refractivity contribution in [1.82, 2.24) is 4.90 Å². The first kappa shape index (κ1) is 25.6. The summed E-state index contributed by atoms with van der Waals surface area (Å²) in [6.07, 6.45) is 2.07. The molecule has 4 nitrogen and oxygen atoms in total. The van der Waals surface area contributed by atoms with E-state index >= 15 is 8.78 Å². The molecule has 0 N–H and O–H groups in total. The summed E-state index contributed by atoms with van der Waals surface area (Å²) in [6.45, 7) is 11.2. The number of esters is 1. The normalized spacial score (nSPS) is 27.9.